The Bertz CT molecular complexity index is 672. The average molecular weight is 321 g/mol. The number of nitrogens with zero attached hydrogens (tertiary/aromatic N) is 3. The lowest BCUT2D eigenvalue weighted by atomic mass is 10.3. The minimum atomic E-state index is -0.284. The van der Waals surface area contributed by atoms with Crippen LogP contribution in [0.25, 0.3) is 5.78 Å². The van der Waals surface area contributed by atoms with Crippen molar-refractivity contribution < 1.29 is 4.39 Å². The Morgan fingerprint density at radius 3 is 3.00 bits per heavy atom. The summed E-state index contributed by atoms with van der Waals surface area (Å²) in [7, 11) is 0. The second-order valence-corrected chi connectivity index (χ2v) is 4.99. The van der Waals surface area contributed by atoms with Gasteiger partial charge in [-0.3, -0.25) is 4.40 Å². The van der Waals surface area contributed by atoms with Crippen LogP contribution in [0.4, 0.5) is 10.1 Å². The van der Waals surface area contributed by atoms with Crippen LogP contribution in [0.3, 0.4) is 0 Å². The number of rotatable bonds is 3. The summed E-state index contributed by atoms with van der Waals surface area (Å²) in [5, 5.41) is 3.13. The van der Waals surface area contributed by atoms with E-state index in [0.29, 0.717) is 22.5 Å². The lowest BCUT2D eigenvalue weighted by molar-refractivity contribution is 0.627. The third kappa shape index (κ3) is 2.73. The fraction of sp³-hybridized carbons (Fsp3) is 0.0769. The molecule has 0 radical (unpaired) electrons. The van der Waals surface area contributed by atoms with Gasteiger partial charge in [-0.15, -0.1) is 0 Å². The molecule has 0 saturated carbocycles. The molecule has 1 aromatic carbocycles. The van der Waals surface area contributed by atoms with Crippen molar-refractivity contribution in [3.05, 3.63) is 58.8 Å². The van der Waals surface area contributed by atoms with Crippen molar-refractivity contribution in [3.8, 4) is 0 Å². The minimum Gasteiger partial charge on any atom is -0.379 e. The summed E-state index contributed by atoms with van der Waals surface area (Å²) < 4.78 is 15.8. The molecule has 4 nitrogen and oxygen atoms in total. The van der Waals surface area contributed by atoms with Crippen LogP contribution in [0.15, 0.2) is 47.3 Å². The number of imidazole rings is 1. The van der Waals surface area contributed by atoms with E-state index in [-0.39, 0.29) is 5.82 Å². The number of aromatic nitrogens is 3. The smallest absolute Gasteiger partial charge is 0.233 e. The Labute approximate surface area is 117 Å². The Morgan fingerprint density at radius 1 is 1.32 bits per heavy atom. The SMILES string of the molecule is Fc1cc(Br)cc(NCc2cn3cccnc3n2)c1. The molecule has 2 heterocycles. The number of hydrogen-bond donors (Lipinski definition) is 1. The number of anilines is 1. The molecule has 1 N–H and O–H groups in total. The van der Waals surface area contributed by atoms with Crippen LogP contribution in [-0.2, 0) is 6.54 Å². The van der Waals surface area contributed by atoms with Crippen molar-refractivity contribution in [2.75, 3.05) is 5.32 Å². The fourth-order valence-electron chi connectivity index (χ4n) is 1.81. The van der Waals surface area contributed by atoms with Gasteiger partial charge in [0, 0.05) is 28.8 Å². The average Bonchev–Trinajstić information content (AvgIpc) is 2.78. The summed E-state index contributed by atoms with van der Waals surface area (Å²) in [5.74, 6) is 0.369. The van der Waals surface area contributed by atoms with Gasteiger partial charge in [0.05, 0.1) is 12.2 Å². The van der Waals surface area contributed by atoms with Gasteiger partial charge in [-0.05, 0) is 24.3 Å². The highest BCUT2D eigenvalue weighted by Crippen LogP contribution is 2.19. The molecule has 0 aliphatic heterocycles. The van der Waals surface area contributed by atoms with E-state index in [0.717, 1.165) is 5.69 Å². The van der Waals surface area contributed by atoms with Crippen LogP contribution in [0.5, 0.6) is 0 Å². The molecule has 0 bridgehead atoms. The number of nitrogens with one attached hydrogen (secondary N) is 1. The first-order valence-electron chi connectivity index (χ1n) is 5.69. The molecule has 3 rings (SSSR count). The third-order valence-electron chi connectivity index (χ3n) is 2.62. The highest BCUT2D eigenvalue weighted by molar-refractivity contribution is 9.10. The molecule has 96 valence electrons. The summed E-state index contributed by atoms with van der Waals surface area (Å²) in [6.07, 6.45) is 5.48. The van der Waals surface area contributed by atoms with Gasteiger partial charge in [-0.2, -0.15) is 0 Å². The van der Waals surface area contributed by atoms with Crippen LogP contribution in [0.1, 0.15) is 5.69 Å². The summed E-state index contributed by atoms with van der Waals surface area (Å²) in [6, 6.07) is 6.52. The van der Waals surface area contributed by atoms with Crippen LogP contribution in [0.2, 0.25) is 0 Å². The van der Waals surface area contributed by atoms with E-state index in [4.69, 9.17) is 0 Å². The lowest BCUT2D eigenvalue weighted by Gasteiger charge is -2.04. The van der Waals surface area contributed by atoms with Gasteiger partial charge in [-0.25, -0.2) is 14.4 Å². The Kier molecular flexibility index (Phi) is 3.16. The molecule has 6 heteroatoms. The molecule has 0 fully saturated rings. The largest absolute Gasteiger partial charge is 0.379 e. The van der Waals surface area contributed by atoms with Gasteiger partial charge in [0.2, 0.25) is 5.78 Å². The van der Waals surface area contributed by atoms with E-state index in [2.05, 4.69) is 31.2 Å². The molecule has 0 aliphatic rings. The first-order chi connectivity index (χ1) is 9.20. The van der Waals surface area contributed by atoms with E-state index in [1.54, 1.807) is 6.20 Å². The Morgan fingerprint density at radius 2 is 2.21 bits per heavy atom. The van der Waals surface area contributed by atoms with Crippen molar-refractivity contribution in [2.24, 2.45) is 0 Å². The highest BCUT2D eigenvalue weighted by Gasteiger charge is 2.03. The van der Waals surface area contributed by atoms with E-state index in [1.165, 1.54) is 12.1 Å². The summed E-state index contributed by atoms with van der Waals surface area (Å²) in [5.41, 5.74) is 1.55. The monoisotopic (exact) mass is 320 g/mol. The number of halogens is 2. The van der Waals surface area contributed by atoms with Gasteiger partial charge in [0.1, 0.15) is 5.82 Å². The van der Waals surface area contributed by atoms with Gasteiger partial charge < -0.3 is 5.32 Å². The normalized spacial score (nSPS) is 10.8. The maximum absolute atomic E-state index is 13.2. The molecule has 0 amide bonds. The van der Waals surface area contributed by atoms with E-state index >= 15 is 0 Å². The molecule has 3 aromatic rings. The van der Waals surface area contributed by atoms with Gasteiger partial charge in [0.25, 0.3) is 0 Å². The molecule has 0 spiro atoms. The first kappa shape index (κ1) is 12.1. The highest BCUT2D eigenvalue weighted by atomic mass is 79.9. The number of fused-ring (bicyclic) bond motifs is 1. The summed E-state index contributed by atoms with van der Waals surface area (Å²) in [4.78, 5) is 8.50. The zero-order valence-electron chi connectivity index (χ0n) is 9.85. The Hall–Kier alpha value is -1.95. The van der Waals surface area contributed by atoms with Gasteiger partial charge in [0.15, 0.2) is 0 Å². The molecule has 19 heavy (non-hydrogen) atoms. The lowest BCUT2D eigenvalue weighted by Crippen LogP contribution is -2.00. The van der Waals surface area contributed by atoms with Crippen molar-refractivity contribution in [2.45, 2.75) is 6.54 Å². The second-order valence-electron chi connectivity index (χ2n) is 4.07. The molecule has 0 aliphatic carbocycles. The van der Waals surface area contributed by atoms with E-state index < -0.39 is 0 Å². The van der Waals surface area contributed by atoms with E-state index in [9.17, 15) is 4.39 Å². The molecular weight excluding hydrogens is 311 g/mol. The number of hydrogen-bond acceptors (Lipinski definition) is 3. The summed E-state index contributed by atoms with van der Waals surface area (Å²) in [6.45, 7) is 0.513. The van der Waals surface area contributed by atoms with Gasteiger partial charge >= 0.3 is 0 Å². The van der Waals surface area contributed by atoms with Crippen molar-refractivity contribution in [1.29, 1.82) is 0 Å². The van der Waals surface area contributed by atoms with Crippen molar-refractivity contribution >= 4 is 27.4 Å². The molecule has 0 atom stereocenters. The minimum absolute atomic E-state index is 0.284. The molecule has 2 aromatic heterocycles. The van der Waals surface area contributed by atoms with Crippen LogP contribution in [0, 0.1) is 5.82 Å². The topological polar surface area (TPSA) is 42.2 Å². The van der Waals surface area contributed by atoms with Crippen molar-refractivity contribution in [1.82, 2.24) is 14.4 Å². The maximum Gasteiger partial charge on any atom is 0.233 e. The second kappa shape index (κ2) is 4.97. The van der Waals surface area contributed by atoms with E-state index in [1.807, 2.05) is 28.9 Å². The maximum atomic E-state index is 13.2. The predicted octanol–water partition coefficient (Wildman–Crippen LogP) is 3.24. The quantitative estimate of drug-likeness (QED) is 0.805. The standard InChI is InChI=1S/C13H10BrFN4/c14-9-4-10(15)6-11(5-9)17-7-12-8-19-3-1-2-16-13(19)18-12/h1-6,8,17H,7H2. The zero-order valence-corrected chi connectivity index (χ0v) is 11.4. The molecular formula is C13H10BrFN4. The third-order valence-corrected chi connectivity index (χ3v) is 3.08. The predicted molar refractivity (Wildman–Crippen MR) is 74.4 cm³/mol. The zero-order chi connectivity index (χ0) is 13.2. The van der Waals surface area contributed by atoms with Crippen LogP contribution >= 0.6 is 15.9 Å². The molecule has 0 saturated heterocycles. The first-order valence-corrected chi connectivity index (χ1v) is 6.48. The number of benzene rings is 1. The summed E-state index contributed by atoms with van der Waals surface area (Å²) >= 11 is 3.26. The molecule has 0 unspecified atom stereocenters. The van der Waals surface area contributed by atoms with Crippen molar-refractivity contribution in [3.63, 3.8) is 0 Å². The van der Waals surface area contributed by atoms with Gasteiger partial charge in [-0.1, -0.05) is 15.9 Å². The Balaban J connectivity index is 1.78. The van der Waals surface area contributed by atoms with Crippen LogP contribution < -0.4 is 5.32 Å². The van der Waals surface area contributed by atoms with Crippen LogP contribution in [-0.4, -0.2) is 14.4 Å². The fourth-order valence-corrected chi connectivity index (χ4v) is 2.28.